The Morgan fingerprint density at radius 1 is 1.07 bits per heavy atom. The number of hydrogen-bond acceptors (Lipinski definition) is 3. The molecule has 0 saturated carbocycles. The predicted octanol–water partition coefficient (Wildman–Crippen LogP) is 4.71. The summed E-state index contributed by atoms with van der Waals surface area (Å²) in [5, 5.41) is 9.03. The van der Waals surface area contributed by atoms with Gasteiger partial charge in [0.2, 0.25) is 0 Å². The predicted molar refractivity (Wildman–Crippen MR) is 102 cm³/mol. The van der Waals surface area contributed by atoms with Crippen LogP contribution in [0.15, 0.2) is 48.5 Å². The molecule has 2 saturated heterocycles. The molecule has 2 aromatic carbocycles. The molecule has 0 N–H and O–H groups in total. The van der Waals surface area contributed by atoms with Gasteiger partial charge in [-0.15, -0.1) is 0 Å². The zero-order chi connectivity index (χ0) is 18.8. The van der Waals surface area contributed by atoms with Crippen molar-refractivity contribution in [1.29, 1.82) is 5.26 Å². The number of nitriles is 1. The third kappa shape index (κ3) is 3.52. The van der Waals surface area contributed by atoms with Crippen molar-refractivity contribution in [2.45, 2.75) is 50.7 Å². The van der Waals surface area contributed by atoms with Gasteiger partial charge in [0.05, 0.1) is 11.1 Å². The molecule has 0 amide bonds. The van der Waals surface area contributed by atoms with Gasteiger partial charge < -0.3 is 0 Å². The molecule has 2 aromatic rings. The van der Waals surface area contributed by atoms with Crippen molar-refractivity contribution >= 4 is 5.78 Å². The van der Waals surface area contributed by atoms with Crippen molar-refractivity contribution in [3.63, 3.8) is 0 Å². The number of nitrogens with zero attached hydrogens (tertiary/aromatic N) is 2. The van der Waals surface area contributed by atoms with Crippen LogP contribution < -0.4 is 0 Å². The summed E-state index contributed by atoms with van der Waals surface area (Å²) in [6.07, 6.45) is 4.93. The minimum atomic E-state index is -0.665. The molecule has 3 nitrogen and oxygen atoms in total. The molecule has 0 spiro atoms. The highest BCUT2D eigenvalue weighted by Crippen LogP contribution is 2.39. The number of rotatable bonds is 4. The number of fused-ring (bicyclic) bond motifs is 2. The average molecular weight is 362 g/mol. The Hall–Kier alpha value is -2.51. The van der Waals surface area contributed by atoms with Gasteiger partial charge in [-0.3, -0.25) is 9.69 Å². The van der Waals surface area contributed by atoms with E-state index in [0.29, 0.717) is 12.1 Å². The topological polar surface area (TPSA) is 44.1 Å². The second-order valence-corrected chi connectivity index (χ2v) is 7.71. The average Bonchev–Trinajstić information content (AvgIpc) is 2.68. The fourth-order valence-corrected chi connectivity index (χ4v) is 4.77. The number of ketones is 1. The van der Waals surface area contributed by atoms with Crippen LogP contribution in [-0.2, 0) is 6.54 Å². The summed E-state index contributed by atoms with van der Waals surface area (Å²) in [5.41, 5.74) is 1.32. The van der Waals surface area contributed by atoms with E-state index < -0.39 is 5.82 Å². The zero-order valence-electron chi connectivity index (χ0n) is 15.3. The number of Topliss-reactive ketones (excluding diaryl/α,β-unsaturated/α-hetero) is 1. The van der Waals surface area contributed by atoms with E-state index in [0.717, 1.165) is 32.2 Å². The molecule has 0 aliphatic carbocycles. The fourth-order valence-electron chi connectivity index (χ4n) is 4.77. The maximum atomic E-state index is 14.5. The largest absolute Gasteiger partial charge is 0.294 e. The van der Waals surface area contributed by atoms with Crippen molar-refractivity contribution in [2.24, 2.45) is 5.92 Å². The quantitative estimate of drug-likeness (QED) is 0.740. The third-order valence-electron chi connectivity index (χ3n) is 6.09. The third-order valence-corrected chi connectivity index (χ3v) is 6.09. The minimum Gasteiger partial charge on any atom is -0.294 e. The Balaban J connectivity index is 1.53. The molecular formula is C23H23FN2O. The molecule has 2 heterocycles. The van der Waals surface area contributed by atoms with E-state index in [-0.39, 0.29) is 22.8 Å². The summed E-state index contributed by atoms with van der Waals surface area (Å²) < 4.78 is 14.5. The summed E-state index contributed by atoms with van der Waals surface area (Å²) in [7, 11) is 0. The van der Waals surface area contributed by atoms with Crippen molar-refractivity contribution < 1.29 is 9.18 Å². The molecule has 2 bridgehead atoms. The Bertz CT molecular complexity index is 860. The molecule has 4 heteroatoms. The van der Waals surface area contributed by atoms with Crippen LogP contribution in [0.2, 0.25) is 0 Å². The molecule has 2 unspecified atom stereocenters. The first-order chi connectivity index (χ1) is 13.2. The molecule has 4 rings (SSSR count). The van der Waals surface area contributed by atoms with Gasteiger partial charge in [-0.1, -0.05) is 42.8 Å². The highest BCUT2D eigenvalue weighted by atomic mass is 19.1. The Morgan fingerprint density at radius 3 is 2.44 bits per heavy atom. The van der Waals surface area contributed by atoms with E-state index in [1.54, 1.807) is 6.07 Å². The molecule has 27 heavy (non-hydrogen) atoms. The first kappa shape index (κ1) is 17.9. The van der Waals surface area contributed by atoms with Crippen LogP contribution in [0.25, 0.3) is 0 Å². The van der Waals surface area contributed by atoms with Gasteiger partial charge in [0, 0.05) is 24.5 Å². The summed E-state index contributed by atoms with van der Waals surface area (Å²) in [6, 6.07) is 17.6. The number of hydrogen-bond donors (Lipinski definition) is 0. The lowest BCUT2D eigenvalue weighted by molar-refractivity contribution is 0.00895. The van der Waals surface area contributed by atoms with Crippen LogP contribution in [0.1, 0.15) is 53.6 Å². The number of halogens is 1. The lowest BCUT2D eigenvalue weighted by Crippen LogP contribution is -2.52. The minimum absolute atomic E-state index is 0.0532. The summed E-state index contributed by atoms with van der Waals surface area (Å²) >= 11 is 0. The Labute approximate surface area is 159 Å². The van der Waals surface area contributed by atoms with Gasteiger partial charge in [0.15, 0.2) is 11.6 Å². The monoisotopic (exact) mass is 362 g/mol. The van der Waals surface area contributed by atoms with E-state index in [2.05, 4.69) is 29.2 Å². The normalized spacial score (nSPS) is 25.0. The lowest BCUT2D eigenvalue weighted by atomic mass is 9.75. The molecule has 0 aromatic heterocycles. The zero-order valence-corrected chi connectivity index (χ0v) is 15.3. The highest BCUT2D eigenvalue weighted by molar-refractivity contribution is 5.98. The van der Waals surface area contributed by atoms with Crippen LogP contribution in [0.4, 0.5) is 4.39 Å². The number of benzene rings is 2. The van der Waals surface area contributed by atoms with Gasteiger partial charge in [-0.25, -0.2) is 4.39 Å². The molecule has 138 valence electrons. The standard InChI is InChI=1S/C23H23FN2O/c24-22-17(14-25)8-4-11-21(22)23(27)18-12-19-9-5-10-20(13-18)26(19)15-16-6-2-1-3-7-16/h1-4,6-8,11,18-20H,5,9-10,12-13,15H2. The number of carbonyl (C=O) groups is 1. The van der Waals surface area contributed by atoms with Gasteiger partial charge in [-0.2, -0.15) is 5.26 Å². The molecule has 2 aliphatic heterocycles. The van der Waals surface area contributed by atoms with Crippen LogP contribution in [0.5, 0.6) is 0 Å². The second-order valence-electron chi connectivity index (χ2n) is 7.71. The maximum absolute atomic E-state index is 14.5. The van der Waals surface area contributed by atoms with Gasteiger partial charge in [-0.05, 0) is 43.4 Å². The SMILES string of the molecule is N#Cc1cccc(C(=O)C2CC3CCCC(C2)N3Cc2ccccc2)c1F. The van der Waals surface area contributed by atoms with Gasteiger partial charge >= 0.3 is 0 Å². The van der Waals surface area contributed by atoms with E-state index >= 15 is 0 Å². The van der Waals surface area contributed by atoms with Crippen molar-refractivity contribution in [3.05, 3.63) is 71.0 Å². The van der Waals surface area contributed by atoms with E-state index in [9.17, 15) is 9.18 Å². The van der Waals surface area contributed by atoms with E-state index in [4.69, 9.17) is 5.26 Å². The molecule has 0 radical (unpaired) electrons. The van der Waals surface area contributed by atoms with Crippen molar-refractivity contribution in [3.8, 4) is 6.07 Å². The van der Waals surface area contributed by atoms with Crippen molar-refractivity contribution in [2.75, 3.05) is 0 Å². The van der Waals surface area contributed by atoms with Gasteiger partial charge in [0.1, 0.15) is 6.07 Å². The number of piperidine rings is 2. The first-order valence-corrected chi connectivity index (χ1v) is 9.70. The molecular weight excluding hydrogens is 339 g/mol. The smallest absolute Gasteiger partial charge is 0.169 e. The first-order valence-electron chi connectivity index (χ1n) is 9.70. The maximum Gasteiger partial charge on any atom is 0.169 e. The molecule has 2 fully saturated rings. The molecule has 2 atom stereocenters. The van der Waals surface area contributed by atoms with Crippen molar-refractivity contribution in [1.82, 2.24) is 4.90 Å². The second kappa shape index (κ2) is 7.62. The van der Waals surface area contributed by atoms with Crippen LogP contribution in [-0.4, -0.2) is 22.8 Å². The van der Waals surface area contributed by atoms with Crippen LogP contribution in [0, 0.1) is 23.1 Å². The Kier molecular flexibility index (Phi) is 5.05. The summed E-state index contributed by atoms with van der Waals surface area (Å²) in [6.45, 7) is 0.912. The highest BCUT2D eigenvalue weighted by Gasteiger charge is 2.41. The van der Waals surface area contributed by atoms with Crippen LogP contribution >= 0.6 is 0 Å². The van der Waals surface area contributed by atoms with E-state index in [1.165, 1.54) is 24.1 Å². The lowest BCUT2D eigenvalue weighted by Gasteiger charge is -2.48. The number of carbonyl (C=O) groups excluding carboxylic acids is 1. The van der Waals surface area contributed by atoms with Crippen LogP contribution in [0.3, 0.4) is 0 Å². The fraction of sp³-hybridized carbons (Fsp3) is 0.391. The Morgan fingerprint density at radius 2 is 1.78 bits per heavy atom. The van der Waals surface area contributed by atoms with Gasteiger partial charge in [0.25, 0.3) is 0 Å². The summed E-state index contributed by atoms with van der Waals surface area (Å²) in [4.78, 5) is 15.6. The van der Waals surface area contributed by atoms with E-state index in [1.807, 2.05) is 12.1 Å². The summed E-state index contributed by atoms with van der Waals surface area (Å²) in [5.74, 6) is -0.960. The molecule has 2 aliphatic rings.